The third-order valence-electron chi connectivity index (χ3n) is 4.97. The molecule has 0 atom stereocenters. The van der Waals surface area contributed by atoms with Crippen LogP contribution in [-0.2, 0) is 6.54 Å². The van der Waals surface area contributed by atoms with E-state index >= 15 is 0 Å². The van der Waals surface area contributed by atoms with Crippen LogP contribution >= 0.6 is 0 Å². The van der Waals surface area contributed by atoms with Crippen molar-refractivity contribution in [2.24, 2.45) is 5.73 Å². The Morgan fingerprint density at radius 1 is 1.12 bits per heavy atom. The first-order chi connectivity index (χ1) is 11.6. The highest BCUT2D eigenvalue weighted by molar-refractivity contribution is 5.96. The Morgan fingerprint density at radius 3 is 2.42 bits per heavy atom. The van der Waals surface area contributed by atoms with Crippen molar-refractivity contribution in [1.29, 1.82) is 0 Å². The standard InChI is InChI=1S/C20H25N3O/c1-14-15(2)19(13-23-10-8-22-9-11-23)18(20(21)24)12-17(14)16-6-4-3-5-7-16/h3-7,12,22H,8-11,13H2,1-2H3,(H2,21,24). The fourth-order valence-electron chi connectivity index (χ4n) is 3.40. The third kappa shape index (κ3) is 3.35. The molecule has 0 bridgehead atoms. The summed E-state index contributed by atoms with van der Waals surface area (Å²) < 4.78 is 0. The van der Waals surface area contributed by atoms with Crippen molar-refractivity contribution in [3.63, 3.8) is 0 Å². The molecule has 4 nitrogen and oxygen atoms in total. The zero-order valence-electron chi connectivity index (χ0n) is 14.4. The zero-order valence-corrected chi connectivity index (χ0v) is 14.4. The van der Waals surface area contributed by atoms with E-state index in [2.05, 4.69) is 36.2 Å². The van der Waals surface area contributed by atoms with Crippen molar-refractivity contribution in [1.82, 2.24) is 10.2 Å². The predicted molar refractivity (Wildman–Crippen MR) is 98.0 cm³/mol. The molecule has 3 rings (SSSR count). The Kier molecular flexibility index (Phi) is 4.97. The lowest BCUT2D eigenvalue weighted by Crippen LogP contribution is -2.43. The smallest absolute Gasteiger partial charge is 0.249 e. The number of hydrogen-bond acceptors (Lipinski definition) is 3. The fourth-order valence-corrected chi connectivity index (χ4v) is 3.40. The molecule has 126 valence electrons. The Balaban J connectivity index is 2.05. The highest BCUT2D eigenvalue weighted by Gasteiger charge is 2.20. The summed E-state index contributed by atoms with van der Waals surface area (Å²) >= 11 is 0. The molecule has 2 aromatic carbocycles. The van der Waals surface area contributed by atoms with E-state index in [1.165, 1.54) is 11.1 Å². The van der Waals surface area contributed by atoms with Crippen LogP contribution in [0.5, 0.6) is 0 Å². The normalized spacial score (nSPS) is 15.4. The van der Waals surface area contributed by atoms with Crippen molar-refractivity contribution in [3.8, 4) is 11.1 Å². The van der Waals surface area contributed by atoms with Crippen LogP contribution in [0, 0.1) is 13.8 Å². The maximum atomic E-state index is 12.1. The number of hydrogen-bond donors (Lipinski definition) is 2. The van der Waals surface area contributed by atoms with E-state index in [1.807, 2.05) is 24.3 Å². The van der Waals surface area contributed by atoms with Crippen LogP contribution in [0.1, 0.15) is 27.0 Å². The predicted octanol–water partition coefficient (Wildman–Crippen LogP) is 2.47. The number of carbonyl (C=O) groups excluding carboxylic acids is 1. The molecule has 3 N–H and O–H groups in total. The van der Waals surface area contributed by atoms with Gasteiger partial charge in [-0.15, -0.1) is 0 Å². The summed E-state index contributed by atoms with van der Waals surface area (Å²) in [7, 11) is 0. The number of nitrogens with one attached hydrogen (secondary N) is 1. The first-order valence-electron chi connectivity index (χ1n) is 8.49. The van der Waals surface area contributed by atoms with Crippen LogP contribution in [0.25, 0.3) is 11.1 Å². The molecule has 1 amide bonds. The van der Waals surface area contributed by atoms with Gasteiger partial charge in [-0.25, -0.2) is 0 Å². The molecule has 1 saturated heterocycles. The number of nitrogens with zero attached hydrogens (tertiary/aromatic N) is 1. The highest BCUT2D eigenvalue weighted by atomic mass is 16.1. The summed E-state index contributed by atoms with van der Waals surface area (Å²) in [6.45, 7) is 8.99. The van der Waals surface area contributed by atoms with Crippen LogP contribution in [0.3, 0.4) is 0 Å². The lowest BCUT2D eigenvalue weighted by molar-refractivity contribution is 0.0998. The molecular weight excluding hydrogens is 298 g/mol. The molecule has 4 heteroatoms. The molecule has 24 heavy (non-hydrogen) atoms. The van der Waals surface area contributed by atoms with E-state index in [4.69, 9.17) is 5.73 Å². The van der Waals surface area contributed by atoms with Crippen molar-refractivity contribution in [2.45, 2.75) is 20.4 Å². The first-order valence-corrected chi connectivity index (χ1v) is 8.49. The maximum Gasteiger partial charge on any atom is 0.249 e. The number of rotatable bonds is 4. The lowest BCUT2D eigenvalue weighted by atomic mass is 9.89. The maximum absolute atomic E-state index is 12.1. The van der Waals surface area contributed by atoms with Crippen molar-refractivity contribution < 1.29 is 4.79 Å². The SMILES string of the molecule is Cc1c(-c2ccccc2)cc(C(N)=O)c(CN2CCNCC2)c1C. The van der Waals surface area contributed by atoms with Crippen LogP contribution in [0.15, 0.2) is 36.4 Å². The topological polar surface area (TPSA) is 58.4 Å². The van der Waals surface area contributed by atoms with Gasteiger partial charge in [-0.1, -0.05) is 30.3 Å². The van der Waals surface area contributed by atoms with Gasteiger partial charge >= 0.3 is 0 Å². The van der Waals surface area contributed by atoms with Crippen molar-refractivity contribution >= 4 is 5.91 Å². The van der Waals surface area contributed by atoms with Gasteiger partial charge in [-0.3, -0.25) is 9.69 Å². The van der Waals surface area contributed by atoms with E-state index in [0.717, 1.165) is 49.4 Å². The molecule has 0 aromatic heterocycles. The summed E-state index contributed by atoms with van der Waals surface area (Å²) in [6, 6.07) is 12.1. The van der Waals surface area contributed by atoms with Gasteiger partial charge in [0.25, 0.3) is 0 Å². The fraction of sp³-hybridized carbons (Fsp3) is 0.350. The molecule has 0 aliphatic carbocycles. The average molecular weight is 323 g/mol. The quantitative estimate of drug-likeness (QED) is 0.909. The van der Waals surface area contributed by atoms with Crippen LogP contribution in [-0.4, -0.2) is 37.0 Å². The van der Waals surface area contributed by atoms with Gasteiger partial charge in [0.1, 0.15) is 0 Å². The average Bonchev–Trinajstić information content (AvgIpc) is 2.60. The van der Waals surface area contributed by atoms with Crippen molar-refractivity contribution in [3.05, 3.63) is 58.7 Å². The zero-order chi connectivity index (χ0) is 17.1. The van der Waals surface area contributed by atoms with E-state index in [0.29, 0.717) is 5.56 Å². The second kappa shape index (κ2) is 7.16. The van der Waals surface area contributed by atoms with Crippen LogP contribution < -0.4 is 11.1 Å². The Bertz CT molecular complexity index is 734. The van der Waals surface area contributed by atoms with Gasteiger partial charge < -0.3 is 11.1 Å². The summed E-state index contributed by atoms with van der Waals surface area (Å²) in [5, 5.41) is 3.36. The second-order valence-electron chi connectivity index (χ2n) is 6.46. The molecule has 0 spiro atoms. The largest absolute Gasteiger partial charge is 0.366 e. The minimum atomic E-state index is -0.347. The van der Waals surface area contributed by atoms with Crippen molar-refractivity contribution in [2.75, 3.05) is 26.2 Å². The second-order valence-corrected chi connectivity index (χ2v) is 6.46. The van der Waals surface area contributed by atoms with Gasteiger partial charge in [0, 0.05) is 38.3 Å². The molecule has 0 unspecified atom stereocenters. The number of carbonyl (C=O) groups is 1. The van der Waals surface area contributed by atoms with Gasteiger partial charge in [-0.2, -0.15) is 0 Å². The van der Waals surface area contributed by atoms with Gasteiger partial charge in [0.05, 0.1) is 0 Å². The Morgan fingerprint density at radius 2 is 1.79 bits per heavy atom. The van der Waals surface area contributed by atoms with Gasteiger partial charge in [0.15, 0.2) is 0 Å². The summed E-state index contributed by atoms with van der Waals surface area (Å²) in [5.74, 6) is -0.347. The monoisotopic (exact) mass is 323 g/mol. The summed E-state index contributed by atoms with van der Waals surface area (Å²) in [5.41, 5.74) is 12.0. The molecule has 0 saturated carbocycles. The minimum absolute atomic E-state index is 0.347. The van der Waals surface area contributed by atoms with E-state index in [1.54, 1.807) is 0 Å². The molecule has 1 heterocycles. The van der Waals surface area contributed by atoms with E-state index < -0.39 is 0 Å². The van der Waals surface area contributed by atoms with Crippen LogP contribution in [0.2, 0.25) is 0 Å². The minimum Gasteiger partial charge on any atom is -0.366 e. The first kappa shape index (κ1) is 16.7. The number of benzene rings is 2. The Labute approximate surface area is 143 Å². The van der Waals surface area contributed by atoms with E-state index in [-0.39, 0.29) is 5.91 Å². The Hall–Kier alpha value is -2.17. The highest BCUT2D eigenvalue weighted by Crippen LogP contribution is 2.31. The van der Waals surface area contributed by atoms with E-state index in [9.17, 15) is 4.79 Å². The third-order valence-corrected chi connectivity index (χ3v) is 4.97. The molecule has 2 aromatic rings. The number of piperazine rings is 1. The molecule has 0 radical (unpaired) electrons. The lowest BCUT2D eigenvalue weighted by Gasteiger charge is -2.29. The molecule has 1 aliphatic heterocycles. The summed E-state index contributed by atoms with van der Waals surface area (Å²) in [4.78, 5) is 14.5. The number of amides is 1. The number of nitrogens with two attached hydrogens (primary N) is 1. The molecule has 1 fully saturated rings. The van der Waals surface area contributed by atoms with Crippen LogP contribution in [0.4, 0.5) is 0 Å². The molecule has 1 aliphatic rings. The molecular formula is C20H25N3O. The number of primary amides is 1. The van der Waals surface area contributed by atoms with Gasteiger partial charge in [0.2, 0.25) is 5.91 Å². The summed E-state index contributed by atoms with van der Waals surface area (Å²) in [6.07, 6.45) is 0. The van der Waals surface area contributed by atoms with Gasteiger partial charge in [-0.05, 0) is 47.7 Å².